The lowest BCUT2D eigenvalue weighted by Crippen LogP contribution is -2.35. The van der Waals surface area contributed by atoms with E-state index in [0.717, 1.165) is 30.9 Å². The van der Waals surface area contributed by atoms with E-state index in [2.05, 4.69) is 25.3 Å². The topological polar surface area (TPSA) is 84.7 Å². The molecule has 1 fully saturated rings. The Morgan fingerprint density at radius 1 is 1.09 bits per heavy atom. The number of morpholine rings is 1. The summed E-state index contributed by atoms with van der Waals surface area (Å²) in [6.07, 6.45) is 1.39. The Morgan fingerprint density at radius 2 is 1.94 bits per heavy atom. The normalized spacial score (nSPS) is 14.5. The van der Waals surface area contributed by atoms with E-state index in [1.807, 2.05) is 12.1 Å². The molecule has 3 aromatic heterocycles. The molecule has 5 rings (SSSR count). The van der Waals surface area contributed by atoms with Crippen molar-refractivity contribution in [3.63, 3.8) is 0 Å². The zero-order chi connectivity index (χ0) is 22.8. The summed E-state index contributed by atoms with van der Waals surface area (Å²) in [5.74, 6) is -1.47. The second kappa shape index (κ2) is 9.00. The van der Waals surface area contributed by atoms with Gasteiger partial charge >= 0.3 is 0 Å². The minimum atomic E-state index is -0.741. The summed E-state index contributed by atoms with van der Waals surface area (Å²) in [7, 11) is 0. The average Bonchev–Trinajstić information content (AvgIpc) is 3.23. The van der Waals surface area contributed by atoms with Gasteiger partial charge in [0.05, 0.1) is 30.8 Å². The van der Waals surface area contributed by atoms with Crippen molar-refractivity contribution in [1.82, 2.24) is 24.5 Å². The minimum absolute atomic E-state index is 0.121. The molecule has 1 N–H and O–H groups in total. The van der Waals surface area contributed by atoms with Crippen LogP contribution in [0.25, 0.3) is 16.9 Å². The van der Waals surface area contributed by atoms with Gasteiger partial charge in [0, 0.05) is 31.3 Å². The SMILES string of the molecule is O=C(Nc1cccc(CN2CCOCC2)n1)c1cnc2ccc(-c3ccc(F)cc3F)nn12. The molecule has 0 unspecified atom stereocenters. The van der Waals surface area contributed by atoms with Crippen LogP contribution in [0.4, 0.5) is 14.6 Å². The number of imidazole rings is 1. The highest BCUT2D eigenvalue weighted by molar-refractivity contribution is 6.02. The van der Waals surface area contributed by atoms with Crippen LogP contribution in [0.1, 0.15) is 16.2 Å². The summed E-state index contributed by atoms with van der Waals surface area (Å²) < 4.78 is 34.2. The van der Waals surface area contributed by atoms with Crippen LogP contribution in [0.15, 0.2) is 54.7 Å². The third-order valence-corrected chi connectivity index (χ3v) is 5.34. The van der Waals surface area contributed by atoms with E-state index in [0.29, 0.717) is 31.2 Å². The Labute approximate surface area is 187 Å². The van der Waals surface area contributed by atoms with Gasteiger partial charge in [0.25, 0.3) is 5.91 Å². The first-order chi connectivity index (χ1) is 16.1. The number of aromatic nitrogens is 4. The molecule has 1 amide bonds. The number of anilines is 1. The summed E-state index contributed by atoms with van der Waals surface area (Å²) >= 11 is 0. The van der Waals surface area contributed by atoms with Gasteiger partial charge in [-0.1, -0.05) is 6.07 Å². The zero-order valence-corrected chi connectivity index (χ0v) is 17.5. The first-order valence-corrected chi connectivity index (χ1v) is 10.4. The first kappa shape index (κ1) is 21.1. The summed E-state index contributed by atoms with van der Waals surface area (Å²) in [4.78, 5) is 23.9. The summed E-state index contributed by atoms with van der Waals surface area (Å²) in [5.41, 5.74) is 1.78. The van der Waals surface area contributed by atoms with E-state index < -0.39 is 17.5 Å². The number of nitrogens with zero attached hydrogens (tertiary/aromatic N) is 5. The predicted octanol–water partition coefficient (Wildman–Crippen LogP) is 3.15. The van der Waals surface area contributed by atoms with E-state index in [1.54, 1.807) is 18.2 Å². The Hall–Kier alpha value is -3.76. The van der Waals surface area contributed by atoms with Crippen LogP contribution in [0.3, 0.4) is 0 Å². The second-order valence-corrected chi connectivity index (χ2v) is 7.61. The van der Waals surface area contributed by atoms with Crippen LogP contribution in [-0.4, -0.2) is 56.7 Å². The van der Waals surface area contributed by atoms with Gasteiger partial charge in [-0.25, -0.2) is 23.3 Å². The lowest BCUT2D eigenvalue weighted by molar-refractivity contribution is 0.0337. The number of fused-ring (bicyclic) bond motifs is 1. The minimum Gasteiger partial charge on any atom is -0.379 e. The molecule has 0 aliphatic carbocycles. The van der Waals surface area contributed by atoms with E-state index in [1.165, 1.54) is 16.8 Å². The van der Waals surface area contributed by atoms with Crippen LogP contribution in [0, 0.1) is 11.6 Å². The molecule has 0 atom stereocenters. The maximum Gasteiger partial charge on any atom is 0.277 e. The van der Waals surface area contributed by atoms with Crippen molar-refractivity contribution in [1.29, 1.82) is 0 Å². The lowest BCUT2D eigenvalue weighted by atomic mass is 10.1. The quantitative estimate of drug-likeness (QED) is 0.503. The fraction of sp³-hybridized carbons (Fsp3) is 0.217. The number of amides is 1. The third-order valence-electron chi connectivity index (χ3n) is 5.34. The highest BCUT2D eigenvalue weighted by Crippen LogP contribution is 2.22. The number of hydrogen-bond donors (Lipinski definition) is 1. The number of benzene rings is 1. The number of carbonyl (C=O) groups is 1. The number of ether oxygens (including phenoxy) is 1. The molecule has 1 aliphatic heterocycles. The monoisotopic (exact) mass is 450 g/mol. The molecule has 4 aromatic rings. The van der Waals surface area contributed by atoms with E-state index in [4.69, 9.17) is 4.74 Å². The molecule has 8 nitrogen and oxygen atoms in total. The number of pyridine rings is 1. The van der Waals surface area contributed by atoms with Crippen LogP contribution >= 0.6 is 0 Å². The summed E-state index contributed by atoms with van der Waals surface area (Å²) in [5, 5.41) is 7.12. The van der Waals surface area contributed by atoms with Crippen molar-refractivity contribution >= 4 is 17.4 Å². The van der Waals surface area contributed by atoms with Gasteiger partial charge < -0.3 is 10.1 Å². The van der Waals surface area contributed by atoms with Crippen molar-refractivity contribution < 1.29 is 18.3 Å². The molecule has 0 spiro atoms. The maximum absolute atomic E-state index is 14.2. The molecule has 1 aliphatic rings. The fourth-order valence-corrected chi connectivity index (χ4v) is 3.67. The Balaban J connectivity index is 1.38. The second-order valence-electron chi connectivity index (χ2n) is 7.61. The summed E-state index contributed by atoms with van der Waals surface area (Å²) in [6.45, 7) is 3.73. The van der Waals surface area contributed by atoms with E-state index in [9.17, 15) is 13.6 Å². The molecule has 4 heterocycles. The number of hydrogen-bond acceptors (Lipinski definition) is 6. The number of carbonyl (C=O) groups excluding carboxylic acids is 1. The largest absolute Gasteiger partial charge is 0.379 e. The van der Waals surface area contributed by atoms with Gasteiger partial charge in [-0.2, -0.15) is 5.10 Å². The average molecular weight is 450 g/mol. The van der Waals surface area contributed by atoms with Gasteiger partial charge in [0.15, 0.2) is 11.3 Å². The van der Waals surface area contributed by atoms with Gasteiger partial charge in [-0.05, 0) is 36.4 Å². The van der Waals surface area contributed by atoms with E-state index in [-0.39, 0.29) is 17.0 Å². The van der Waals surface area contributed by atoms with Crippen molar-refractivity contribution in [3.05, 3.63) is 77.8 Å². The van der Waals surface area contributed by atoms with Crippen molar-refractivity contribution in [2.75, 3.05) is 31.6 Å². The molecule has 168 valence electrons. The zero-order valence-electron chi connectivity index (χ0n) is 17.5. The standard InChI is InChI=1S/C23H20F2N6O2/c24-15-4-5-17(18(25)12-15)19-6-7-22-26-13-20(31(22)29-19)23(32)28-21-3-1-2-16(27-21)14-30-8-10-33-11-9-30/h1-7,12-13H,8-11,14H2,(H,27,28,32). The number of rotatable bonds is 5. The number of halogens is 2. The molecule has 33 heavy (non-hydrogen) atoms. The van der Waals surface area contributed by atoms with Crippen LogP contribution in [0.2, 0.25) is 0 Å². The third kappa shape index (κ3) is 4.57. The van der Waals surface area contributed by atoms with Gasteiger partial charge in [0.1, 0.15) is 17.5 Å². The van der Waals surface area contributed by atoms with Crippen molar-refractivity contribution in [2.45, 2.75) is 6.54 Å². The van der Waals surface area contributed by atoms with E-state index >= 15 is 0 Å². The van der Waals surface area contributed by atoms with Gasteiger partial charge in [-0.3, -0.25) is 9.69 Å². The maximum atomic E-state index is 14.2. The van der Waals surface area contributed by atoms with Crippen LogP contribution in [0.5, 0.6) is 0 Å². The predicted molar refractivity (Wildman–Crippen MR) is 117 cm³/mol. The van der Waals surface area contributed by atoms with Crippen molar-refractivity contribution in [3.8, 4) is 11.3 Å². The Kier molecular flexibility index (Phi) is 5.76. The molecule has 0 radical (unpaired) electrons. The Morgan fingerprint density at radius 3 is 2.76 bits per heavy atom. The molecular formula is C23H20F2N6O2. The lowest BCUT2D eigenvalue weighted by Gasteiger charge is -2.26. The molecule has 1 aromatic carbocycles. The molecule has 1 saturated heterocycles. The van der Waals surface area contributed by atoms with Crippen molar-refractivity contribution in [2.24, 2.45) is 0 Å². The van der Waals surface area contributed by atoms with Gasteiger partial charge in [0.2, 0.25) is 0 Å². The fourth-order valence-electron chi connectivity index (χ4n) is 3.67. The number of nitrogens with one attached hydrogen (secondary N) is 1. The van der Waals surface area contributed by atoms with Gasteiger partial charge in [-0.15, -0.1) is 0 Å². The molecule has 0 bridgehead atoms. The smallest absolute Gasteiger partial charge is 0.277 e. The Bertz CT molecular complexity index is 1320. The van der Waals surface area contributed by atoms with Crippen LogP contribution in [-0.2, 0) is 11.3 Å². The molecular weight excluding hydrogens is 430 g/mol. The molecule has 0 saturated carbocycles. The molecule has 10 heteroatoms. The highest BCUT2D eigenvalue weighted by atomic mass is 19.1. The highest BCUT2D eigenvalue weighted by Gasteiger charge is 2.17. The van der Waals surface area contributed by atoms with Crippen LogP contribution < -0.4 is 5.32 Å². The summed E-state index contributed by atoms with van der Waals surface area (Å²) in [6, 6.07) is 11.9. The first-order valence-electron chi connectivity index (χ1n) is 10.4.